The molecule has 1 fully saturated rings. The van der Waals surface area contributed by atoms with E-state index < -0.39 is 0 Å². The average Bonchev–Trinajstić information content (AvgIpc) is 2.67. The lowest BCUT2D eigenvalue weighted by molar-refractivity contribution is -0.138. The number of nitrogens with zero attached hydrogens (tertiary/aromatic N) is 1. The molecule has 1 aliphatic rings. The second-order valence-electron chi connectivity index (χ2n) is 7.36. The standard InChI is InChI=1S/C22H25ClFNO2/c1-16(17-3-7-19(23)8-4-17)25-13-12-22(11-2-14-26,15-21(25)27)18-5-9-20(24)10-6-18/h3-10,16,26H,2,11-15H2,1H3/t16-,22?/m0/s1. The first-order chi connectivity index (χ1) is 12.9. The third-order valence-corrected chi connectivity index (χ3v) is 5.98. The molecule has 1 unspecified atom stereocenters. The van der Waals surface area contributed by atoms with Crippen molar-refractivity contribution in [3.8, 4) is 0 Å². The SMILES string of the molecule is C[C@@H](c1ccc(Cl)cc1)N1CCC(CCCO)(c2ccc(F)cc2)CC1=O. The second-order valence-corrected chi connectivity index (χ2v) is 7.79. The minimum atomic E-state index is -0.344. The van der Waals surface area contributed by atoms with Crippen LogP contribution >= 0.6 is 11.6 Å². The molecule has 2 aromatic rings. The Balaban J connectivity index is 1.81. The number of aliphatic hydroxyl groups is 1. The first-order valence-electron chi connectivity index (χ1n) is 9.37. The van der Waals surface area contributed by atoms with Crippen molar-refractivity contribution in [2.45, 2.75) is 44.1 Å². The van der Waals surface area contributed by atoms with Crippen LogP contribution in [-0.2, 0) is 10.2 Å². The van der Waals surface area contributed by atoms with Crippen molar-refractivity contribution in [2.24, 2.45) is 0 Å². The highest BCUT2D eigenvalue weighted by atomic mass is 35.5. The van der Waals surface area contributed by atoms with Crippen molar-refractivity contribution in [3.63, 3.8) is 0 Å². The maximum absolute atomic E-state index is 13.4. The highest BCUT2D eigenvalue weighted by Gasteiger charge is 2.41. The van der Waals surface area contributed by atoms with E-state index in [-0.39, 0.29) is 29.8 Å². The number of likely N-dealkylation sites (tertiary alicyclic amines) is 1. The van der Waals surface area contributed by atoms with Gasteiger partial charge in [-0.15, -0.1) is 0 Å². The van der Waals surface area contributed by atoms with Crippen LogP contribution in [0.15, 0.2) is 48.5 Å². The lowest BCUT2D eigenvalue weighted by atomic mass is 9.69. The second kappa shape index (κ2) is 8.41. The van der Waals surface area contributed by atoms with Crippen LogP contribution in [-0.4, -0.2) is 29.1 Å². The van der Waals surface area contributed by atoms with Gasteiger partial charge >= 0.3 is 0 Å². The van der Waals surface area contributed by atoms with Gasteiger partial charge in [0.15, 0.2) is 0 Å². The number of aliphatic hydroxyl groups excluding tert-OH is 1. The monoisotopic (exact) mass is 389 g/mol. The van der Waals surface area contributed by atoms with Crippen LogP contribution in [0.4, 0.5) is 4.39 Å². The van der Waals surface area contributed by atoms with E-state index in [4.69, 9.17) is 11.6 Å². The fraction of sp³-hybridized carbons (Fsp3) is 0.409. The van der Waals surface area contributed by atoms with Crippen LogP contribution in [0.3, 0.4) is 0 Å². The number of carbonyl (C=O) groups excluding carboxylic acids is 1. The Hall–Kier alpha value is -1.91. The summed E-state index contributed by atoms with van der Waals surface area (Å²) in [6.07, 6.45) is 2.50. The molecule has 2 aromatic carbocycles. The zero-order valence-corrected chi connectivity index (χ0v) is 16.3. The summed E-state index contributed by atoms with van der Waals surface area (Å²) < 4.78 is 13.4. The molecule has 1 saturated heterocycles. The largest absolute Gasteiger partial charge is 0.396 e. The molecule has 0 bridgehead atoms. The molecule has 1 aliphatic heterocycles. The van der Waals surface area contributed by atoms with Crippen LogP contribution in [0.2, 0.25) is 5.02 Å². The lowest BCUT2D eigenvalue weighted by Crippen LogP contribution is -2.47. The molecule has 1 heterocycles. The first-order valence-corrected chi connectivity index (χ1v) is 9.75. The summed E-state index contributed by atoms with van der Waals surface area (Å²) in [4.78, 5) is 15.0. The maximum Gasteiger partial charge on any atom is 0.223 e. The molecular formula is C22H25ClFNO2. The summed E-state index contributed by atoms with van der Waals surface area (Å²) in [5.74, 6) is -0.192. The van der Waals surface area contributed by atoms with Gasteiger partial charge < -0.3 is 10.0 Å². The Bertz CT molecular complexity index is 778. The number of hydrogen-bond donors (Lipinski definition) is 1. The van der Waals surface area contributed by atoms with E-state index in [0.717, 1.165) is 17.5 Å². The number of carbonyl (C=O) groups is 1. The average molecular weight is 390 g/mol. The van der Waals surface area contributed by atoms with Crippen molar-refractivity contribution in [1.29, 1.82) is 0 Å². The van der Waals surface area contributed by atoms with Gasteiger partial charge in [0.05, 0.1) is 6.04 Å². The fourth-order valence-corrected chi connectivity index (χ4v) is 4.22. The number of halogens is 2. The number of amides is 1. The molecule has 3 rings (SSSR count). The van der Waals surface area contributed by atoms with Gasteiger partial charge in [-0.1, -0.05) is 35.9 Å². The molecule has 1 amide bonds. The molecule has 0 radical (unpaired) electrons. The van der Waals surface area contributed by atoms with E-state index >= 15 is 0 Å². The zero-order valence-electron chi connectivity index (χ0n) is 15.5. The smallest absolute Gasteiger partial charge is 0.223 e. The molecule has 0 saturated carbocycles. The predicted octanol–water partition coefficient (Wildman–Crippen LogP) is 4.87. The minimum absolute atomic E-state index is 0.0289. The van der Waals surface area contributed by atoms with Crippen LogP contribution in [0.25, 0.3) is 0 Å². The summed E-state index contributed by atoms with van der Waals surface area (Å²) in [7, 11) is 0. The molecule has 3 nitrogen and oxygen atoms in total. The summed E-state index contributed by atoms with van der Waals surface area (Å²) in [6.45, 7) is 2.74. The Kier molecular flexibility index (Phi) is 6.18. The summed E-state index contributed by atoms with van der Waals surface area (Å²) >= 11 is 5.97. The topological polar surface area (TPSA) is 40.5 Å². The van der Waals surface area contributed by atoms with Crippen molar-refractivity contribution >= 4 is 17.5 Å². The van der Waals surface area contributed by atoms with Gasteiger partial charge in [-0.3, -0.25) is 4.79 Å². The number of benzene rings is 2. The normalized spacial score (nSPS) is 21.3. The molecule has 2 atom stereocenters. The Morgan fingerprint density at radius 3 is 2.44 bits per heavy atom. The predicted molar refractivity (Wildman–Crippen MR) is 105 cm³/mol. The van der Waals surface area contributed by atoms with Gasteiger partial charge in [-0.2, -0.15) is 0 Å². The van der Waals surface area contributed by atoms with E-state index in [1.807, 2.05) is 36.1 Å². The van der Waals surface area contributed by atoms with E-state index in [2.05, 4.69) is 0 Å². The highest BCUT2D eigenvalue weighted by Crippen LogP contribution is 2.42. The molecule has 27 heavy (non-hydrogen) atoms. The van der Waals surface area contributed by atoms with Gasteiger partial charge in [0, 0.05) is 30.0 Å². The van der Waals surface area contributed by atoms with Crippen LogP contribution in [0.1, 0.15) is 49.8 Å². The molecule has 0 aromatic heterocycles. The van der Waals surface area contributed by atoms with Crippen LogP contribution < -0.4 is 0 Å². The minimum Gasteiger partial charge on any atom is -0.396 e. The van der Waals surface area contributed by atoms with Crippen molar-refractivity contribution < 1.29 is 14.3 Å². The van der Waals surface area contributed by atoms with Gasteiger partial charge in [0.1, 0.15) is 5.82 Å². The Labute approximate surface area is 164 Å². The van der Waals surface area contributed by atoms with E-state index in [1.54, 1.807) is 12.1 Å². The molecule has 144 valence electrons. The van der Waals surface area contributed by atoms with Gasteiger partial charge in [-0.05, 0) is 61.6 Å². The highest BCUT2D eigenvalue weighted by molar-refractivity contribution is 6.30. The summed E-state index contributed by atoms with van der Waals surface area (Å²) in [6, 6.07) is 14.0. The van der Waals surface area contributed by atoms with Crippen molar-refractivity contribution in [2.75, 3.05) is 13.2 Å². The number of piperidine rings is 1. The third kappa shape index (κ3) is 4.33. The van der Waals surface area contributed by atoms with E-state index in [1.165, 1.54) is 12.1 Å². The molecule has 1 N–H and O–H groups in total. The van der Waals surface area contributed by atoms with Gasteiger partial charge in [0.2, 0.25) is 5.91 Å². The number of hydrogen-bond acceptors (Lipinski definition) is 2. The van der Waals surface area contributed by atoms with E-state index in [0.29, 0.717) is 30.8 Å². The summed E-state index contributed by atoms with van der Waals surface area (Å²) in [5.41, 5.74) is 1.69. The third-order valence-electron chi connectivity index (χ3n) is 5.73. The van der Waals surface area contributed by atoms with Gasteiger partial charge in [-0.25, -0.2) is 4.39 Å². The maximum atomic E-state index is 13.4. The number of rotatable bonds is 6. The lowest BCUT2D eigenvalue weighted by Gasteiger charge is -2.44. The quantitative estimate of drug-likeness (QED) is 0.765. The van der Waals surface area contributed by atoms with Gasteiger partial charge in [0.25, 0.3) is 0 Å². The Morgan fingerprint density at radius 2 is 1.85 bits per heavy atom. The fourth-order valence-electron chi connectivity index (χ4n) is 4.09. The first kappa shape index (κ1) is 19.8. The zero-order chi connectivity index (χ0) is 19.4. The van der Waals surface area contributed by atoms with Crippen LogP contribution in [0, 0.1) is 5.82 Å². The Morgan fingerprint density at radius 1 is 1.19 bits per heavy atom. The van der Waals surface area contributed by atoms with Crippen molar-refractivity contribution in [3.05, 3.63) is 70.5 Å². The molecule has 0 aliphatic carbocycles. The molecule has 0 spiro atoms. The molecular weight excluding hydrogens is 365 g/mol. The summed E-state index contributed by atoms with van der Waals surface area (Å²) in [5, 5.41) is 9.99. The molecule has 5 heteroatoms. The van der Waals surface area contributed by atoms with Crippen LogP contribution in [0.5, 0.6) is 0 Å². The van der Waals surface area contributed by atoms with E-state index in [9.17, 15) is 14.3 Å². The van der Waals surface area contributed by atoms with Crippen molar-refractivity contribution in [1.82, 2.24) is 4.90 Å².